The monoisotopic (exact) mass is 342 g/mol. The molecular formula is C16H27BrN2O. The molecule has 0 heterocycles. The molecule has 0 spiro atoms. The first-order valence-electron chi connectivity index (χ1n) is 7.09. The smallest absolute Gasteiger partial charge is 0.133 e. The van der Waals surface area contributed by atoms with Crippen molar-refractivity contribution in [1.29, 1.82) is 0 Å². The first-order valence-corrected chi connectivity index (χ1v) is 7.88. The first-order chi connectivity index (χ1) is 9.35. The van der Waals surface area contributed by atoms with E-state index < -0.39 is 0 Å². The van der Waals surface area contributed by atoms with Gasteiger partial charge in [0, 0.05) is 18.6 Å². The summed E-state index contributed by atoms with van der Waals surface area (Å²) < 4.78 is 6.28. The van der Waals surface area contributed by atoms with Crippen LogP contribution in [-0.2, 0) is 0 Å². The second-order valence-corrected chi connectivity index (χ2v) is 6.75. The van der Waals surface area contributed by atoms with Crippen LogP contribution in [-0.4, -0.2) is 38.7 Å². The van der Waals surface area contributed by atoms with Gasteiger partial charge in [-0.25, -0.2) is 0 Å². The average Bonchev–Trinajstić information content (AvgIpc) is 2.37. The fourth-order valence-electron chi connectivity index (χ4n) is 2.22. The molecule has 0 aliphatic heterocycles. The SMILES string of the molecule is COc1ccc(C(C)NC(CN(C)C)C(C)C)cc1Br. The molecule has 0 aliphatic carbocycles. The molecule has 1 N–H and O–H groups in total. The highest BCUT2D eigenvalue weighted by molar-refractivity contribution is 9.10. The normalized spacial score (nSPS) is 14.7. The van der Waals surface area contributed by atoms with Crippen molar-refractivity contribution >= 4 is 15.9 Å². The summed E-state index contributed by atoms with van der Waals surface area (Å²) in [4.78, 5) is 2.23. The van der Waals surface area contributed by atoms with Crippen molar-refractivity contribution in [1.82, 2.24) is 10.2 Å². The highest BCUT2D eigenvalue weighted by Crippen LogP contribution is 2.28. The van der Waals surface area contributed by atoms with E-state index in [2.05, 4.69) is 73.1 Å². The van der Waals surface area contributed by atoms with Gasteiger partial charge in [-0.05, 0) is 60.6 Å². The van der Waals surface area contributed by atoms with E-state index in [9.17, 15) is 0 Å². The minimum Gasteiger partial charge on any atom is -0.496 e. The van der Waals surface area contributed by atoms with Crippen LogP contribution in [0.5, 0.6) is 5.75 Å². The molecule has 3 nitrogen and oxygen atoms in total. The standard InChI is InChI=1S/C16H27BrN2O/c1-11(2)15(10-19(4)5)18-12(3)13-7-8-16(20-6)14(17)9-13/h7-9,11-12,15,18H,10H2,1-6H3. The molecule has 0 bridgehead atoms. The zero-order valence-corrected chi connectivity index (χ0v) is 15.0. The van der Waals surface area contributed by atoms with Gasteiger partial charge in [0.1, 0.15) is 5.75 Å². The Kier molecular flexibility index (Phi) is 7.00. The lowest BCUT2D eigenvalue weighted by Crippen LogP contribution is -2.43. The van der Waals surface area contributed by atoms with E-state index in [1.54, 1.807) is 7.11 Å². The zero-order valence-electron chi connectivity index (χ0n) is 13.4. The first kappa shape index (κ1) is 17.5. The maximum absolute atomic E-state index is 5.28. The molecule has 1 rings (SSSR count). The van der Waals surface area contributed by atoms with Crippen molar-refractivity contribution in [3.63, 3.8) is 0 Å². The maximum Gasteiger partial charge on any atom is 0.133 e. The Morgan fingerprint density at radius 1 is 1.25 bits per heavy atom. The lowest BCUT2D eigenvalue weighted by Gasteiger charge is -2.29. The van der Waals surface area contributed by atoms with Crippen LogP contribution in [0.2, 0.25) is 0 Å². The molecule has 0 saturated carbocycles. The van der Waals surface area contributed by atoms with Gasteiger partial charge in [0.05, 0.1) is 11.6 Å². The molecule has 20 heavy (non-hydrogen) atoms. The van der Waals surface area contributed by atoms with E-state index in [0.717, 1.165) is 16.8 Å². The number of nitrogens with one attached hydrogen (secondary N) is 1. The number of halogens is 1. The minimum absolute atomic E-state index is 0.310. The molecule has 2 atom stereocenters. The quantitative estimate of drug-likeness (QED) is 0.817. The van der Waals surface area contributed by atoms with Crippen LogP contribution in [0.3, 0.4) is 0 Å². The number of hydrogen-bond acceptors (Lipinski definition) is 3. The molecular weight excluding hydrogens is 316 g/mol. The fraction of sp³-hybridized carbons (Fsp3) is 0.625. The predicted octanol–water partition coefficient (Wildman–Crippen LogP) is 3.69. The van der Waals surface area contributed by atoms with Crippen LogP contribution in [0, 0.1) is 5.92 Å². The van der Waals surface area contributed by atoms with Gasteiger partial charge in [0.15, 0.2) is 0 Å². The number of ether oxygens (including phenoxy) is 1. The highest BCUT2D eigenvalue weighted by Gasteiger charge is 2.18. The van der Waals surface area contributed by atoms with Crippen LogP contribution in [0.1, 0.15) is 32.4 Å². The number of methoxy groups -OCH3 is 1. The Hall–Kier alpha value is -0.580. The number of benzene rings is 1. The van der Waals surface area contributed by atoms with E-state index in [1.807, 2.05) is 6.07 Å². The molecule has 0 radical (unpaired) electrons. The summed E-state index contributed by atoms with van der Waals surface area (Å²) in [5, 5.41) is 3.73. The molecule has 0 aromatic heterocycles. The van der Waals surface area contributed by atoms with Gasteiger partial charge in [0.2, 0.25) is 0 Å². The van der Waals surface area contributed by atoms with Crippen molar-refractivity contribution in [3.8, 4) is 5.75 Å². The van der Waals surface area contributed by atoms with E-state index in [1.165, 1.54) is 5.56 Å². The highest BCUT2D eigenvalue weighted by atomic mass is 79.9. The van der Waals surface area contributed by atoms with Gasteiger partial charge < -0.3 is 15.0 Å². The molecule has 114 valence electrons. The van der Waals surface area contributed by atoms with E-state index in [-0.39, 0.29) is 0 Å². The van der Waals surface area contributed by atoms with Crippen LogP contribution in [0.4, 0.5) is 0 Å². The van der Waals surface area contributed by atoms with Crippen LogP contribution in [0.25, 0.3) is 0 Å². The van der Waals surface area contributed by atoms with E-state index in [0.29, 0.717) is 18.0 Å². The van der Waals surface area contributed by atoms with Gasteiger partial charge in [-0.2, -0.15) is 0 Å². The van der Waals surface area contributed by atoms with Gasteiger partial charge in [-0.15, -0.1) is 0 Å². The molecule has 0 amide bonds. The Morgan fingerprint density at radius 3 is 2.35 bits per heavy atom. The summed E-state index contributed by atoms with van der Waals surface area (Å²) in [5.74, 6) is 1.47. The molecule has 0 saturated heterocycles. The third-order valence-corrected chi connectivity index (χ3v) is 4.13. The fourth-order valence-corrected chi connectivity index (χ4v) is 2.78. The van der Waals surface area contributed by atoms with Crippen molar-refractivity contribution in [2.24, 2.45) is 5.92 Å². The van der Waals surface area contributed by atoms with Crippen molar-refractivity contribution in [2.45, 2.75) is 32.9 Å². The Morgan fingerprint density at radius 2 is 1.90 bits per heavy atom. The van der Waals surface area contributed by atoms with Gasteiger partial charge in [-0.1, -0.05) is 19.9 Å². The molecule has 2 unspecified atom stereocenters. The van der Waals surface area contributed by atoms with Crippen LogP contribution in [0.15, 0.2) is 22.7 Å². The third-order valence-electron chi connectivity index (χ3n) is 3.51. The van der Waals surface area contributed by atoms with Crippen molar-refractivity contribution in [2.75, 3.05) is 27.7 Å². The molecule has 0 aliphatic rings. The summed E-state index contributed by atoms with van der Waals surface area (Å²) >= 11 is 3.55. The largest absolute Gasteiger partial charge is 0.496 e. The summed E-state index contributed by atoms with van der Waals surface area (Å²) in [6.07, 6.45) is 0. The van der Waals surface area contributed by atoms with Crippen LogP contribution >= 0.6 is 15.9 Å². The molecule has 1 aromatic carbocycles. The van der Waals surface area contributed by atoms with E-state index in [4.69, 9.17) is 4.74 Å². The Balaban J connectivity index is 2.78. The topological polar surface area (TPSA) is 24.5 Å². The second-order valence-electron chi connectivity index (χ2n) is 5.90. The maximum atomic E-state index is 5.28. The van der Waals surface area contributed by atoms with E-state index >= 15 is 0 Å². The number of rotatable bonds is 7. The average molecular weight is 343 g/mol. The second kappa shape index (κ2) is 8.01. The van der Waals surface area contributed by atoms with Crippen molar-refractivity contribution < 1.29 is 4.74 Å². The Labute approximate surface area is 131 Å². The van der Waals surface area contributed by atoms with Gasteiger partial charge in [-0.3, -0.25) is 0 Å². The number of likely N-dealkylation sites (N-methyl/N-ethyl adjacent to an activating group) is 1. The molecule has 4 heteroatoms. The molecule has 1 aromatic rings. The van der Waals surface area contributed by atoms with Gasteiger partial charge in [0.25, 0.3) is 0 Å². The zero-order chi connectivity index (χ0) is 15.3. The number of nitrogens with zero attached hydrogens (tertiary/aromatic N) is 1. The molecule has 0 fully saturated rings. The summed E-state index contributed by atoms with van der Waals surface area (Å²) in [6, 6.07) is 7.04. The summed E-state index contributed by atoms with van der Waals surface area (Å²) in [6.45, 7) is 7.77. The van der Waals surface area contributed by atoms with Crippen molar-refractivity contribution in [3.05, 3.63) is 28.2 Å². The van der Waals surface area contributed by atoms with Gasteiger partial charge >= 0.3 is 0 Å². The number of hydrogen-bond donors (Lipinski definition) is 1. The Bertz CT molecular complexity index is 421. The predicted molar refractivity (Wildman–Crippen MR) is 89.4 cm³/mol. The van der Waals surface area contributed by atoms with Crippen LogP contribution < -0.4 is 10.1 Å². The summed E-state index contributed by atoms with van der Waals surface area (Å²) in [7, 11) is 5.92. The lowest BCUT2D eigenvalue weighted by atomic mass is 10.0. The lowest BCUT2D eigenvalue weighted by molar-refractivity contribution is 0.273. The minimum atomic E-state index is 0.310. The third kappa shape index (κ3) is 5.08. The summed E-state index contributed by atoms with van der Waals surface area (Å²) in [5.41, 5.74) is 1.27.